The first-order valence-electron chi connectivity index (χ1n) is 7.44. The topological polar surface area (TPSA) is 82.5 Å². The van der Waals surface area contributed by atoms with Gasteiger partial charge in [-0.15, -0.1) is 0 Å². The van der Waals surface area contributed by atoms with Crippen molar-refractivity contribution in [2.75, 3.05) is 13.1 Å². The zero-order chi connectivity index (χ0) is 16.3. The third kappa shape index (κ3) is 3.59. The number of hydrogen-bond donors (Lipinski definition) is 2. The normalized spacial score (nSPS) is 22.3. The summed E-state index contributed by atoms with van der Waals surface area (Å²) in [6.45, 7) is 0.824. The molecule has 3 rings (SSSR count). The number of sulfonamides is 1. The first-order valence-corrected chi connectivity index (χ1v) is 8.88. The van der Waals surface area contributed by atoms with Crippen LogP contribution in [0.3, 0.4) is 0 Å². The molecule has 0 radical (unpaired) electrons. The number of hydrogen-bond acceptors (Lipinski definition) is 5. The Morgan fingerprint density at radius 2 is 1.87 bits per heavy atom. The molecule has 1 fully saturated rings. The fraction of sp³-hybridized carbons (Fsp3) is 0.312. The third-order valence-corrected chi connectivity index (χ3v) is 5.75. The van der Waals surface area contributed by atoms with Gasteiger partial charge in [-0.2, -0.15) is 4.31 Å². The minimum atomic E-state index is -3.57. The first kappa shape index (κ1) is 16.1. The highest BCUT2D eigenvalue weighted by atomic mass is 32.2. The fourth-order valence-electron chi connectivity index (χ4n) is 2.63. The maximum Gasteiger partial charge on any atom is 0.243 e. The van der Waals surface area contributed by atoms with E-state index in [1.54, 1.807) is 36.5 Å². The minimum Gasteiger partial charge on any atom is -0.390 e. The average Bonchev–Trinajstić information content (AvgIpc) is 2.96. The molecule has 6 nitrogen and oxygen atoms in total. The number of nitrogens with zero attached hydrogens (tertiary/aromatic N) is 2. The van der Waals surface area contributed by atoms with Crippen LogP contribution in [0.25, 0.3) is 0 Å². The molecule has 0 unspecified atom stereocenters. The highest BCUT2D eigenvalue weighted by molar-refractivity contribution is 7.89. The molecule has 0 aliphatic carbocycles. The molecule has 0 amide bonds. The smallest absolute Gasteiger partial charge is 0.243 e. The van der Waals surface area contributed by atoms with Crippen LogP contribution in [0.15, 0.2) is 59.6 Å². The van der Waals surface area contributed by atoms with Crippen molar-refractivity contribution in [1.29, 1.82) is 0 Å². The Balaban J connectivity index is 1.66. The van der Waals surface area contributed by atoms with Crippen LogP contribution in [-0.4, -0.2) is 48.0 Å². The van der Waals surface area contributed by atoms with Gasteiger partial charge in [-0.1, -0.05) is 24.3 Å². The maximum absolute atomic E-state index is 12.6. The van der Waals surface area contributed by atoms with Gasteiger partial charge in [0.05, 0.1) is 16.7 Å². The van der Waals surface area contributed by atoms with E-state index in [1.807, 2.05) is 18.2 Å². The molecule has 1 aromatic heterocycles. The lowest BCUT2D eigenvalue weighted by Gasteiger charge is -2.17. The lowest BCUT2D eigenvalue weighted by Crippen LogP contribution is -2.39. The van der Waals surface area contributed by atoms with Crippen LogP contribution < -0.4 is 5.32 Å². The molecule has 1 saturated heterocycles. The summed E-state index contributed by atoms with van der Waals surface area (Å²) >= 11 is 0. The SMILES string of the molecule is O=S(=O)(c1ccccc1)N1C[C@@H](O)[C@H](NCc2ccccn2)C1. The van der Waals surface area contributed by atoms with Gasteiger partial charge in [-0.25, -0.2) is 8.42 Å². The van der Waals surface area contributed by atoms with Crippen molar-refractivity contribution < 1.29 is 13.5 Å². The van der Waals surface area contributed by atoms with E-state index in [4.69, 9.17) is 0 Å². The number of pyridine rings is 1. The Morgan fingerprint density at radius 3 is 2.57 bits per heavy atom. The highest BCUT2D eigenvalue weighted by Crippen LogP contribution is 2.21. The van der Waals surface area contributed by atoms with E-state index in [0.717, 1.165) is 5.69 Å². The standard InChI is InChI=1S/C16H19N3O3S/c20-16-12-19(23(21,22)14-7-2-1-3-8-14)11-15(16)18-10-13-6-4-5-9-17-13/h1-9,15-16,18,20H,10-12H2/t15-,16-/m1/s1. The molecule has 7 heteroatoms. The molecule has 122 valence electrons. The van der Waals surface area contributed by atoms with Gasteiger partial charge < -0.3 is 10.4 Å². The van der Waals surface area contributed by atoms with Gasteiger partial charge in [-0.3, -0.25) is 4.98 Å². The second-order valence-electron chi connectivity index (χ2n) is 5.51. The van der Waals surface area contributed by atoms with Gasteiger partial charge in [0, 0.05) is 31.9 Å². The summed E-state index contributed by atoms with van der Waals surface area (Å²) in [6.07, 6.45) is 0.964. The van der Waals surface area contributed by atoms with Crippen LogP contribution >= 0.6 is 0 Å². The molecule has 1 aliphatic rings. The number of aliphatic hydroxyl groups is 1. The predicted molar refractivity (Wildman–Crippen MR) is 86.1 cm³/mol. The predicted octanol–water partition coefficient (Wildman–Crippen LogP) is 0.605. The van der Waals surface area contributed by atoms with Crippen molar-refractivity contribution in [3.8, 4) is 0 Å². The molecule has 1 aliphatic heterocycles. The lowest BCUT2D eigenvalue weighted by atomic mass is 10.2. The van der Waals surface area contributed by atoms with Crippen molar-refractivity contribution in [3.63, 3.8) is 0 Å². The van der Waals surface area contributed by atoms with Gasteiger partial charge in [0.25, 0.3) is 0 Å². The monoisotopic (exact) mass is 333 g/mol. The molecule has 23 heavy (non-hydrogen) atoms. The summed E-state index contributed by atoms with van der Waals surface area (Å²) < 4.78 is 26.5. The molecule has 0 spiro atoms. The number of benzene rings is 1. The quantitative estimate of drug-likeness (QED) is 0.837. The van der Waals surface area contributed by atoms with Gasteiger partial charge in [0.1, 0.15) is 0 Å². The second-order valence-corrected chi connectivity index (χ2v) is 7.45. The molecule has 2 atom stereocenters. The van der Waals surface area contributed by atoms with Gasteiger partial charge >= 0.3 is 0 Å². The Kier molecular flexibility index (Phi) is 4.72. The summed E-state index contributed by atoms with van der Waals surface area (Å²) in [4.78, 5) is 4.45. The summed E-state index contributed by atoms with van der Waals surface area (Å²) in [5, 5.41) is 13.3. The van der Waals surface area contributed by atoms with Crippen molar-refractivity contribution in [3.05, 3.63) is 60.4 Å². The number of rotatable bonds is 5. The van der Waals surface area contributed by atoms with Crippen molar-refractivity contribution in [2.45, 2.75) is 23.6 Å². The average molecular weight is 333 g/mol. The summed E-state index contributed by atoms with van der Waals surface area (Å²) in [5.74, 6) is 0. The summed E-state index contributed by atoms with van der Waals surface area (Å²) in [6, 6.07) is 13.6. The molecule has 0 bridgehead atoms. The van der Waals surface area contributed by atoms with Crippen LogP contribution in [-0.2, 0) is 16.6 Å². The van der Waals surface area contributed by atoms with E-state index in [2.05, 4.69) is 10.3 Å². The molecular weight excluding hydrogens is 314 g/mol. The minimum absolute atomic E-state index is 0.0944. The molecule has 1 aromatic carbocycles. The van der Waals surface area contributed by atoms with E-state index in [9.17, 15) is 13.5 Å². The van der Waals surface area contributed by atoms with Crippen molar-refractivity contribution >= 4 is 10.0 Å². The van der Waals surface area contributed by atoms with Crippen molar-refractivity contribution in [2.24, 2.45) is 0 Å². The number of β-amino-alcohol motifs (C(OH)–C–C–N with tert-alkyl or cyclic N) is 1. The number of aliphatic hydroxyl groups excluding tert-OH is 1. The zero-order valence-corrected chi connectivity index (χ0v) is 13.4. The van der Waals surface area contributed by atoms with Gasteiger partial charge in [0.15, 0.2) is 0 Å². The lowest BCUT2D eigenvalue weighted by molar-refractivity contribution is 0.159. The van der Waals surface area contributed by atoms with Crippen LogP contribution in [0.4, 0.5) is 0 Å². The van der Waals surface area contributed by atoms with E-state index in [-0.39, 0.29) is 24.0 Å². The van der Waals surface area contributed by atoms with E-state index in [1.165, 1.54) is 4.31 Å². The molecule has 2 aromatic rings. The van der Waals surface area contributed by atoms with Gasteiger partial charge in [0.2, 0.25) is 10.0 Å². The second kappa shape index (κ2) is 6.76. The van der Waals surface area contributed by atoms with Crippen LogP contribution in [0.2, 0.25) is 0 Å². The molecule has 0 saturated carbocycles. The largest absolute Gasteiger partial charge is 0.390 e. The van der Waals surface area contributed by atoms with Crippen molar-refractivity contribution in [1.82, 2.24) is 14.6 Å². The first-order chi connectivity index (χ1) is 11.1. The van der Waals surface area contributed by atoms with Crippen LogP contribution in [0, 0.1) is 0 Å². The summed E-state index contributed by atoms with van der Waals surface area (Å²) in [7, 11) is -3.57. The van der Waals surface area contributed by atoms with E-state index < -0.39 is 16.1 Å². The van der Waals surface area contributed by atoms with Gasteiger partial charge in [-0.05, 0) is 24.3 Å². The molecular formula is C16H19N3O3S. The molecule has 2 heterocycles. The maximum atomic E-state index is 12.6. The number of nitrogens with one attached hydrogen (secondary N) is 1. The Hall–Kier alpha value is -1.80. The molecule has 2 N–H and O–H groups in total. The van der Waals surface area contributed by atoms with Crippen LogP contribution in [0.5, 0.6) is 0 Å². The third-order valence-electron chi connectivity index (χ3n) is 3.91. The number of aromatic nitrogens is 1. The highest BCUT2D eigenvalue weighted by Gasteiger charge is 2.38. The van der Waals surface area contributed by atoms with Crippen LogP contribution in [0.1, 0.15) is 5.69 Å². The Bertz CT molecular complexity index is 738. The summed E-state index contributed by atoms with van der Waals surface area (Å²) in [5.41, 5.74) is 0.851. The Morgan fingerprint density at radius 1 is 1.13 bits per heavy atom. The van der Waals surface area contributed by atoms with E-state index >= 15 is 0 Å². The zero-order valence-electron chi connectivity index (χ0n) is 12.5. The fourth-order valence-corrected chi connectivity index (χ4v) is 4.13. The Labute approximate surface area is 135 Å². The van der Waals surface area contributed by atoms with E-state index in [0.29, 0.717) is 6.54 Å².